The summed E-state index contributed by atoms with van der Waals surface area (Å²) in [7, 11) is 0. The van der Waals surface area contributed by atoms with Gasteiger partial charge >= 0.3 is 0 Å². The first-order valence-corrected chi connectivity index (χ1v) is 21.5. The zero-order valence-electron chi connectivity index (χ0n) is 33.1. The molecule has 12 aromatic rings. The quantitative estimate of drug-likeness (QED) is 0.160. The van der Waals surface area contributed by atoms with Crippen molar-refractivity contribution in [2.45, 2.75) is 0 Å². The molecule has 3 nitrogen and oxygen atoms in total. The van der Waals surface area contributed by atoms with Gasteiger partial charge in [-0.05, 0) is 93.7 Å². The lowest BCUT2D eigenvalue weighted by molar-refractivity contribution is 1.18. The summed E-state index contributed by atoms with van der Waals surface area (Å²) in [6.45, 7) is 0. The zero-order chi connectivity index (χ0) is 40.3. The highest BCUT2D eigenvalue weighted by Crippen LogP contribution is 2.43. The van der Waals surface area contributed by atoms with Gasteiger partial charge in [-0.1, -0.05) is 164 Å². The fourth-order valence-corrected chi connectivity index (χ4v) is 10.2. The van der Waals surface area contributed by atoms with Gasteiger partial charge in [-0.2, -0.15) is 0 Å². The number of benzene rings is 10. The molecule has 12 rings (SSSR count). The van der Waals surface area contributed by atoms with Crippen molar-refractivity contribution in [2.75, 3.05) is 4.90 Å². The molecule has 0 aliphatic heterocycles. The van der Waals surface area contributed by atoms with Gasteiger partial charge in [-0.3, -0.25) is 0 Å². The minimum atomic E-state index is 1.04. The lowest BCUT2D eigenvalue weighted by atomic mass is 10.00. The SMILES string of the molecule is c1ccc(-c2cccc(N(c3ccc(-c4ccc5c(ccc6nc(-c7ccccc7)sc65)c4)cc3)c3ccc4c5ccc6ccccc6c5n(-c5ccccc5)c4c3)c2)cc1. The molecule has 0 saturated heterocycles. The molecular weight excluding hydrogens is 759 g/mol. The van der Waals surface area contributed by atoms with Crippen LogP contribution in [-0.2, 0) is 0 Å². The van der Waals surface area contributed by atoms with Crippen molar-refractivity contribution >= 4 is 82.0 Å². The number of thiazole rings is 1. The van der Waals surface area contributed by atoms with Gasteiger partial charge in [0.25, 0.3) is 0 Å². The predicted octanol–water partition coefficient (Wildman–Crippen LogP) is 16.2. The van der Waals surface area contributed by atoms with Crippen molar-refractivity contribution in [3.8, 4) is 38.5 Å². The van der Waals surface area contributed by atoms with E-state index in [1.54, 1.807) is 11.3 Å². The van der Waals surface area contributed by atoms with Crippen LogP contribution in [0.5, 0.6) is 0 Å². The fraction of sp³-hybridized carbons (Fsp3) is 0. The number of nitrogens with zero attached hydrogens (tertiary/aromatic N) is 3. The molecule has 0 radical (unpaired) electrons. The van der Waals surface area contributed by atoms with E-state index in [9.17, 15) is 0 Å². The molecule has 0 unspecified atom stereocenters. The average molecular weight is 796 g/mol. The predicted molar refractivity (Wildman–Crippen MR) is 260 cm³/mol. The topological polar surface area (TPSA) is 21.1 Å². The highest BCUT2D eigenvalue weighted by Gasteiger charge is 2.20. The van der Waals surface area contributed by atoms with Gasteiger partial charge in [0.1, 0.15) is 5.01 Å². The van der Waals surface area contributed by atoms with Crippen LogP contribution in [0, 0.1) is 0 Å². The molecule has 0 fully saturated rings. The molecule has 10 aromatic carbocycles. The summed E-state index contributed by atoms with van der Waals surface area (Å²) < 4.78 is 3.67. The summed E-state index contributed by atoms with van der Waals surface area (Å²) in [6, 6.07) is 81.2. The van der Waals surface area contributed by atoms with Crippen LogP contribution in [0.2, 0.25) is 0 Å². The maximum atomic E-state index is 4.98. The van der Waals surface area contributed by atoms with Crippen LogP contribution in [0.15, 0.2) is 224 Å². The monoisotopic (exact) mass is 795 g/mol. The van der Waals surface area contributed by atoms with Crippen LogP contribution in [0.4, 0.5) is 17.1 Å². The Balaban J connectivity index is 0.997. The molecule has 2 heterocycles. The molecule has 0 saturated carbocycles. The van der Waals surface area contributed by atoms with Gasteiger partial charge < -0.3 is 9.47 Å². The summed E-state index contributed by atoms with van der Waals surface area (Å²) in [5.74, 6) is 0. The molecule has 0 bridgehead atoms. The lowest BCUT2D eigenvalue weighted by Crippen LogP contribution is -2.10. The van der Waals surface area contributed by atoms with Gasteiger partial charge in [0.2, 0.25) is 0 Å². The molecule has 286 valence electrons. The lowest BCUT2D eigenvalue weighted by Gasteiger charge is -2.26. The smallest absolute Gasteiger partial charge is 0.124 e. The van der Waals surface area contributed by atoms with Gasteiger partial charge in [-0.25, -0.2) is 4.98 Å². The van der Waals surface area contributed by atoms with E-state index in [-0.39, 0.29) is 0 Å². The Morgan fingerprint density at radius 3 is 1.80 bits per heavy atom. The third-order valence-electron chi connectivity index (χ3n) is 12.0. The molecule has 0 aliphatic rings. The van der Waals surface area contributed by atoms with Crippen LogP contribution in [-0.4, -0.2) is 9.55 Å². The fourth-order valence-electron chi connectivity index (χ4n) is 9.05. The maximum absolute atomic E-state index is 4.98. The van der Waals surface area contributed by atoms with E-state index in [1.807, 2.05) is 6.07 Å². The van der Waals surface area contributed by atoms with Gasteiger partial charge in [0, 0.05) is 49.9 Å². The second-order valence-electron chi connectivity index (χ2n) is 15.6. The average Bonchev–Trinajstić information content (AvgIpc) is 3.93. The van der Waals surface area contributed by atoms with Crippen molar-refractivity contribution in [3.63, 3.8) is 0 Å². The van der Waals surface area contributed by atoms with E-state index in [1.165, 1.54) is 64.8 Å². The van der Waals surface area contributed by atoms with Crippen molar-refractivity contribution in [2.24, 2.45) is 0 Å². The van der Waals surface area contributed by atoms with E-state index in [4.69, 9.17) is 4.98 Å². The molecule has 0 aliphatic carbocycles. The van der Waals surface area contributed by atoms with Crippen molar-refractivity contribution in [1.82, 2.24) is 9.55 Å². The minimum absolute atomic E-state index is 1.04. The van der Waals surface area contributed by atoms with Crippen LogP contribution >= 0.6 is 11.3 Å². The number of aromatic nitrogens is 2. The Hall–Kier alpha value is -7.79. The molecule has 2 aromatic heterocycles. The molecule has 61 heavy (non-hydrogen) atoms. The Morgan fingerprint density at radius 2 is 0.984 bits per heavy atom. The van der Waals surface area contributed by atoms with Crippen molar-refractivity contribution < 1.29 is 0 Å². The molecule has 4 heteroatoms. The summed E-state index contributed by atoms with van der Waals surface area (Å²) in [5.41, 5.74) is 13.7. The largest absolute Gasteiger partial charge is 0.310 e. The number of hydrogen-bond acceptors (Lipinski definition) is 3. The number of anilines is 3. The van der Waals surface area contributed by atoms with Crippen LogP contribution in [0.25, 0.3) is 92.1 Å². The molecule has 0 spiro atoms. The summed E-state index contributed by atoms with van der Waals surface area (Å²) >= 11 is 1.77. The molecule has 0 atom stereocenters. The summed E-state index contributed by atoms with van der Waals surface area (Å²) in [5, 5.41) is 8.45. The minimum Gasteiger partial charge on any atom is -0.310 e. The van der Waals surface area contributed by atoms with Gasteiger partial charge in [0.05, 0.1) is 21.3 Å². The van der Waals surface area contributed by atoms with E-state index >= 15 is 0 Å². The first-order chi connectivity index (χ1) is 30.2. The first-order valence-electron chi connectivity index (χ1n) is 20.7. The van der Waals surface area contributed by atoms with Crippen molar-refractivity contribution in [1.29, 1.82) is 0 Å². The van der Waals surface area contributed by atoms with E-state index < -0.39 is 0 Å². The second-order valence-corrected chi connectivity index (χ2v) is 16.6. The Labute approximate surface area is 357 Å². The third kappa shape index (κ3) is 6.07. The molecule has 0 amide bonds. The normalized spacial score (nSPS) is 11.6. The van der Waals surface area contributed by atoms with Crippen LogP contribution in [0.3, 0.4) is 0 Å². The van der Waals surface area contributed by atoms with Gasteiger partial charge in [0.15, 0.2) is 0 Å². The van der Waals surface area contributed by atoms with Crippen LogP contribution < -0.4 is 4.90 Å². The first kappa shape index (κ1) is 35.2. The second kappa shape index (κ2) is 14.5. The van der Waals surface area contributed by atoms with E-state index in [2.05, 4.69) is 228 Å². The molecule has 0 N–H and O–H groups in total. The Kier molecular flexibility index (Phi) is 8.36. The number of rotatable bonds is 7. The van der Waals surface area contributed by atoms with E-state index in [0.29, 0.717) is 0 Å². The van der Waals surface area contributed by atoms with E-state index in [0.717, 1.165) is 44.4 Å². The Morgan fingerprint density at radius 1 is 0.377 bits per heavy atom. The van der Waals surface area contributed by atoms with Gasteiger partial charge in [-0.15, -0.1) is 11.3 Å². The number of hydrogen-bond donors (Lipinski definition) is 0. The Bertz CT molecular complexity index is 3570. The zero-order valence-corrected chi connectivity index (χ0v) is 33.9. The summed E-state index contributed by atoms with van der Waals surface area (Å²) in [6.07, 6.45) is 0. The highest BCUT2D eigenvalue weighted by molar-refractivity contribution is 7.22. The van der Waals surface area contributed by atoms with Crippen molar-refractivity contribution in [3.05, 3.63) is 224 Å². The summed E-state index contributed by atoms with van der Waals surface area (Å²) in [4.78, 5) is 7.38. The number of para-hydroxylation sites is 1. The third-order valence-corrected chi connectivity index (χ3v) is 13.1. The van der Waals surface area contributed by atoms with Crippen LogP contribution in [0.1, 0.15) is 0 Å². The maximum Gasteiger partial charge on any atom is 0.124 e. The standard InChI is InChI=1S/C57H37N3S/c1-4-13-38(14-5-1)42-18-12-21-47(36-42)59(48-30-33-51-52-32-25-40-15-10-11-22-49(40)55(52)60(54(51)37-48)45-19-8-3-9-20-45)46-28-23-39(24-29-46)43-26-31-50-44(35-43)27-34-53-56(50)61-57(58-53)41-16-6-2-7-17-41/h1-37H. The number of fused-ring (bicyclic) bond motifs is 8. The molecular formula is C57H37N3S. The highest BCUT2D eigenvalue weighted by atomic mass is 32.1.